The summed E-state index contributed by atoms with van der Waals surface area (Å²) in [6, 6.07) is 2.27. The van der Waals surface area contributed by atoms with Crippen LogP contribution in [0.1, 0.15) is 49.5 Å². The highest BCUT2D eigenvalue weighted by Gasteiger charge is 2.20. The Hall–Kier alpha value is -1.26. The van der Waals surface area contributed by atoms with Crippen molar-refractivity contribution in [3.63, 3.8) is 0 Å². The molecule has 0 aliphatic carbocycles. The Morgan fingerprint density at radius 2 is 2.14 bits per heavy atom. The highest BCUT2D eigenvalue weighted by atomic mass is 35.5. The van der Waals surface area contributed by atoms with Crippen molar-refractivity contribution in [2.75, 3.05) is 6.54 Å². The molecule has 0 amide bonds. The molecule has 0 saturated carbocycles. The van der Waals surface area contributed by atoms with E-state index in [9.17, 15) is 0 Å². The molecule has 0 aromatic carbocycles. The largest absolute Gasteiger partial charge is 0.469 e. The number of aromatic nitrogens is 2. The number of halogens is 1. The average molecular weight is 310 g/mol. The maximum Gasteiger partial charge on any atom is 0.101 e. The minimum atomic E-state index is 0.191. The zero-order chi connectivity index (χ0) is 15.4. The molecule has 116 valence electrons. The SMILES string of the molecule is CCNC(Cc1c(Cl)c(CC)nn1CC)c1coc(C)c1. The maximum atomic E-state index is 6.51. The van der Waals surface area contributed by atoms with Crippen molar-refractivity contribution < 1.29 is 4.42 Å². The van der Waals surface area contributed by atoms with Crippen LogP contribution in [-0.2, 0) is 19.4 Å². The van der Waals surface area contributed by atoms with Crippen molar-refractivity contribution in [1.82, 2.24) is 15.1 Å². The molecule has 0 aliphatic rings. The molecular weight excluding hydrogens is 286 g/mol. The lowest BCUT2D eigenvalue weighted by atomic mass is 10.0. The van der Waals surface area contributed by atoms with Crippen LogP contribution < -0.4 is 5.32 Å². The van der Waals surface area contributed by atoms with Gasteiger partial charge in [-0.3, -0.25) is 4.68 Å². The molecule has 2 heterocycles. The standard InChI is InChI=1S/C16H24ClN3O/c1-5-13-16(17)15(20(7-3)19-13)9-14(18-6-2)12-8-11(4)21-10-12/h8,10,14,18H,5-7,9H2,1-4H3. The first-order chi connectivity index (χ1) is 10.1. The topological polar surface area (TPSA) is 43.0 Å². The normalized spacial score (nSPS) is 12.8. The van der Waals surface area contributed by atoms with Gasteiger partial charge in [-0.1, -0.05) is 25.4 Å². The fourth-order valence-electron chi connectivity index (χ4n) is 2.61. The summed E-state index contributed by atoms with van der Waals surface area (Å²) in [5, 5.41) is 8.91. The fraction of sp³-hybridized carbons (Fsp3) is 0.562. The minimum absolute atomic E-state index is 0.191. The van der Waals surface area contributed by atoms with Crippen LogP contribution in [0.3, 0.4) is 0 Å². The van der Waals surface area contributed by atoms with Gasteiger partial charge >= 0.3 is 0 Å². The van der Waals surface area contributed by atoms with Gasteiger partial charge in [0.25, 0.3) is 0 Å². The van der Waals surface area contributed by atoms with Crippen LogP contribution >= 0.6 is 11.6 Å². The molecule has 2 aromatic heterocycles. The van der Waals surface area contributed by atoms with Gasteiger partial charge in [0.05, 0.1) is 22.7 Å². The van der Waals surface area contributed by atoms with Crippen LogP contribution in [0.25, 0.3) is 0 Å². The molecule has 1 unspecified atom stereocenters. The Morgan fingerprint density at radius 3 is 2.67 bits per heavy atom. The molecule has 0 radical (unpaired) electrons. The lowest BCUT2D eigenvalue weighted by molar-refractivity contribution is 0.497. The van der Waals surface area contributed by atoms with Gasteiger partial charge in [0.1, 0.15) is 5.76 Å². The number of rotatable bonds is 7. The Kier molecular flexibility index (Phi) is 5.48. The molecule has 2 aromatic rings. The van der Waals surface area contributed by atoms with E-state index in [-0.39, 0.29) is 6.04 Å². The predicted octanol–water partition coefficient (Wildman–Crippen LogP) is 3.91. The second kappa shape index (κ2) is 7.14. The minimum Gasteiger partial charge on any atom is -0.469 e. The van der Waals surface area contributed by atoms with E-state index < -0.39 is 0 Å². The smallest absolute Gasteiger partial charge is 0.101 e. The average Bonchev–Trinajstić information content (AvgIpc) is 3.03. The number of aryl methyl sites for hydroxylation is 3. The Balaban J connectivity index is 2.30. The molecule has 0 spiro atoms. The second-order valence-corrected chi connectivity index (χ2v) is 5.56. The summed E-state index contributed by atoms with van der Waals surface area (Å²) in [5.41, 5.74) is 3.24. The van der Waals surface area contributed by atoms with Gasteiger partial charge in [-0.25, -0.2) is 0 Å². The summed E-state index contributed by atoms with van der Waals surface area (Å²) in [6.07, 6.45) is 3.49. The van der Waals surface area contributed by atoms with Crippen LogP contribution in [-0.4, -0.2) is 16.3 Å². The summed E-state index contributed by atoms with van der Waals surface area (Å²) < 4.78 is 7.46. The molecule has 1 atom stereocenters. The molecule has 0 aliphatic heterocycles. The lowest BCUT2D eigenvalue weighted by Gasteiger charge is -2.17. The van der Waals surface area contributed by atoms with E-state index in [1.165, 1.54) is 0 Å². The number of nitrogens with one attached hydrogen (secondary N) is 1. The van der Waals surface area contributed by atoms with Crippen molar-refractivity contribution in [3.05, 3.63) is 40.1 Å². The van der Waals surface area contributed by atoms with Crippen molar-refractivity contribution in [2.24, 2.45) is 0 Å². The Morgan fingerprint density at radius 1 is 1.38 bits per heavy atom. The van der Waals surface area contributed by atoms with Crippen molar-refractivity contribution in [3.8, 4) is 0 Å². The van der Waals surface area contributed by atoms with Crippen molar-refractivity contribution >= 4 is 11.6 Å². The first kappa shape index (κ1) is 16.1. The Bertz CT molecular complexity index is 588. The maximum absolute atomic E-state index is 6.51. The Labute approximate surface area is 131 Å². The molecule has 5 heteroatoms. The molecule has 2 rings (SSSR count). The van der Waals surface area contributed by atoms with Gasteiger partial charge in [0.2, 0.25) is 0 Å². The summed E-state index contributed by atoms with van der Waals surface area (Å²) in [7, 11) is 0. The van der Waals surface area contributed by atoms with E-state index in [2.05, 4.69) is 37.3 Å². The summed E-state index contributed by atoms with van der Waals surface area (Å²) in [4.78, 5) is 0. The lowest BCUT2D eigenvalue weighted by Crippen LogP contribution is -2.23. The van der Waals surface area contributed by atoms with Gasteiger partial charge < -0.3 is 9.73 Å². The van der Waals surface area contributed by atoms with E-state index >= 15 is 0 Å². The van der Waals surface area contributed by atoms with Gasteiger partial charge in [0.15, 0.2) is 0 Å². The third kappa shape index (κ3) is 3.50. The molecule has 4 nitrogen and oxygen atoms in total. The molecular formula is C16H24ClN3O. The summed E-state index contributed by atoms with van der Waals surface area (Å²) in [6.45, 7) is 9.97. The van der Waals surface area contributed by atoms with Crippen molar-refractivity contribution in [2.45, 2.75) is 53.1 Å². The van der Waals surface area contributed by atoms with Gasteiger partial charge in [-0.05, 0) is 32.9 Å². The van der Waals surface area contributed by atoms with Crippen molar-refractivity contribution in [1.29, 1.82) is 0 Å². The summed E-state index contributed by atoms with van der Waals surface area (Å²) >= 11 is 6.51. The van der Waals surface area contributed by atoms with Gasteiger partial charge in [-0.15, -0.1) is 0 Å². The fourth-order valence-corrected chi connectivity index (χ4v) is 2.95. The third-order valence-electron chi connectivity index (χ3n) is 3.70. The van der Waals surface area contributed by atoms with E-state index in [0.717, 1.165) is 53.7 Å². The van der Waals surface area contributed by atoms with Crippen LogP contribution in [0, 0.1) is 6.92 Å². The quantitative estimate of drug-likeness (QED) is 0.843. The monoisotopic (exact) mass is 309 g/mol. The highest BCUT2D eigenvalue weighted by molar-refractivity contribution is 6.31. The highest BCUT2D eigenvalue weighted by Crippen LogP contribution is 2.27. The van der Waals surface area contributed by atoms with Crippen LogP contribution in [0.2, 0.25) is 5.02 Å². The molecule has 1 N–H and O–H groups in total. The van der Waals surface area contributed by atoms with E-state index in [4.69, 9.17) is 16.0 Å². The van der Waals surface area contributed by atoms with Crippen LogP contribution in [0.4, 0.5) is 0 Å². The van der Waals surface area contributed by atoms with Crippen LogP contribution in [0.5, 0.6) is 0 Å². The molecule has 0 saturated heterocycles. The van der Waals surface area contributed by atoms with Gasteiger partial charge in [-0.2, -0.15) is 5.10 Å². The second-order valence-electron chi connectivity index (χ2n) is 5.18. The van der Waals surface area contributed by atoms with Crippen LogP contribution in [0.15, 0.2) is 16.7 Å². The zero-order valence-electron chi connectivity index (χ0n) is 13.2. The predicted molar refractivity (Wildman–Crippen MR) is 85.9 cm³/mol. The number of likely N-dealkylation sites (N-methyl/N-ethyl adjacent to an activating group) is 1. The first-order valence-corrected chi connectivity index (χ1v) is 8.00. The number of hydrogen-bond acceptors (Lipinski definition) is 3. The van der Waals surface area contributed by atoms with E-state index in [1.54, 1.807) is 0 Å². The number of furan rings is 1. The third-order valence-corrected chi connectivity index (χ3v) is 4.13. The van der Waals surface area contributed by atoms with Gasteiger partial charge in [0, 0.05) is 24.6 Å². The van der Waals surface area contributed by atoms with E-state index in [1.807, 2.05) is 17.9 Å². The number of nitrogens with zero attached hydrogens (tertiary/aromatic N) is 2. The summed E-state index contributed by atoms with van der Waals surface area (Å²) in [5.74, 6) is 0.928. The first-order valence-electron chi connectivity index (χ1n) is 7.63. The molecule has 0 bridgehead atoms. The zero-order valence-corrected chi connectivity index (χ0v) is 14.0. The molecule has 0 fully saturated rings. The number of hydrogen-bond donors (Lipinski definition) is 1. The van der Waals surface area contributed by atoms with E-state index in [0.29, 0.717) is 0 Å². The molecule has 21 heavy (non-hydrogen) atoms.